The molecular weight excluding hydrogens is 368 g/mol. The number of aryl methyl sites for hydroxylation is 2. The zero-order chi connectivity index (χ0) is 17.0. The molecule has 0 atom stereocenters. The number of aromatic nitrogens is 2. The first-order valence-corrected chi connectivity index (χ1v) is 7.52. The van der Waals surface area contributed by atoms with Gasteiger partial charge in [0.15, 0.2) is 0 Å². The van der Waals surface area contributed by atoms with Gasteiger partial charge in [0.2, 0.25) is 5.91 Å². The molecule has 2 aromatic rings. The van der Waals surface area contributed by atoms with Crippen molar-refractivity contribution in [1.29, 1.82) is 0 Å². The maximum absolute atomic E-state index is 12.0. The van der Waals surface area contributed by atoms with Gasteiger partial charge >= 0.3 is 5.82 Å². The quantitative estimate of drug-likeness (QED) is 0.611. The van der Waals surface area contributed by atoms with Gasteiger partial charge < -0.3 is 20.2 Å². The number of hydrogen-bond donors (Lipinski definition) is 1. The van der Waals surface area contributed by atoms with Crippen molar-refractivity contribution in [2.75, 3.05) is 12.4 Å². The van der Waals surface area contributed by atoms with Crippen LogP contribution in [-0.4, -0.2) is 27.7 Å². The Morgan fingerprint density at radius 2 is 2.26 bits per heavy atom. The molecule has 1 aromatic heterocycles. The standard InChI is InChI=1S/C14H15BrN4O4/c1-9-3-4-12(23-2)11(7-9)16-13(20)5-6-18-8-10(15)14(17-18)19(21)22/h3-4,7-8H,5-6H2,1-2H3,(H,16,20). The molecule has 122 valence electrons. The van der Waals surface area contributed by atoms with E-state index in [1.54, 1.807) is 6.07 Å². The maximum atomic E-state index is 12.0. The highest BCUT2D eigenvalue weighted by atomic mass is 79.9. The van der Waals surface area contributed by atoms with Crippen LogP contribution in [0.3, 0.4) is 0 Å². The summed E-state index contributed by atoms with van der Waals surface area (Å²) < 4.78 is 6.83. The summed E-state index contributed by atoms with van der Waals surface area (Å²) in [4.78, 5) is 22.2. The van der Waals surface area contributed by atoms with Gasteiger partial charge in [-0.2, -0.15) is 4.68 Å². The van der Waals surface area contributed by atoms with Crippen LogP contribution in [0.4, 0.5) is 11.5 Å². The molecule has 0 saturated carbocycles. The highest BCUT2D eigenvalue weighted by Gasteiger charge is 2.19. The van der Waals surface area contributed by atoms with Crippen molar-refractivity contribution in [3.05, 3.63) is 44.5 Å². The fraction of sp³-hybridized carbons (Fsp3) is 0.286. The van der Waals surface area contributed by atoms with E-state index in [9.17, 15) is 14.9 Å². The molecule has 0 bridgehead atoms. The molecule has 0 aliphatic rings. The molecule has 1 N–H and O–H groups in total. The van der Waals surface area contributed by atoms with Crippen molar-refractivity contribution in [2.45, 2.75) is 19.9 Å². The number of nitrogens with zero attached hydrogens (tertiary/aromatic N) is 3. The predicted molar refractivity (Wildman–Crippen MR) is 87.6 cm³/mol. The Bertz CT molecular complexity index is 744. The molecule has 0 aliphatic carbocycles. The Morgan fingerprint density at radius 1 is 1.52 bits per heavy atom. The summed E-state index contributed by atoms with van der Waals surface area (Å²) in [5.74, 6) is 0.0651. The van der Waals surface area contributed by atoms with E-state index in [4.69, 9.17) is 4.74 Å². The number of amides is 1. The Kier molecular flexibility index (Phi) is 5.32. The molecule has 0 aliphatic heterocycles. The van der Waals surface area contributed by atoms with Crippen molar-refractivity contribution < 1.29 is 14.5 Å². The van der Waals surface area contributed by atoms with Crippen LogP contribution in [0.2, 0.25) is 0 Å². The van der Waals surface area contributed by atoms with Gasteiger partial charge in [-0.1, -0.05) is 6.07 Å². The molecule has 0 saturated heterocycles. The van der Waals surface area contributed by atoms with Crippen molar-refractivity contribution in [3.8, 4) is 5.75 Å². The van der Waals surface area contributed by atoms with Gasteiger partial charge in [-0.3, -0.25) is 4.79 Å². The Morgan fingerprint density at radius 3 is 2.87 bits per heavy atom. The van der Waals surface area contributed by atoms with Gasteiger partial charge in [0, 0.05) is 6.42 Å². The molecule has 1 aromatic carbocycles. The first-order valence-electron chi connectivity index (χ1n) is 6.72. The van der Waals surface area contributed by atoms with Crippen LogP contribution in [-0.2, 0) is 11.3 Å². The first-order chi connectivity index (χ1) is 10.9. The lowest BCUT2D eigenvalue weighted by molar-refractivity contribution is -0.390. The lowest BCUT2D eigenvalue weighted by Gasteiger charge is -2.10. The van der Waals surface area contributed by atoms with Crippen molar-refractivity contribution in [2.24, 2.45) is 0 Å². The number of nitro groups is 1. The second-order valence-corrected chi connectivity index (χ2v) is 5.68. The monoisotopic (exact) mass is 382 g/mol. The Labute approximate surface area is 140 Å². The van der Waals surface area contributed by atoms with E-state index >= 15 is 0 Å². The highest BCUT2D eigenvalue weighted by Crippen LogP contribution is 2.25. The molecule has 1 heterocycles. The summed E-state index contributed by atoms with van der Waals surface area (Å²) in [6.45, 7) is 2.14. The third-order valence-electron chi connectivity index (χ3n) is 3.07. The molecule has 0 fully saturated rings. The zero-order valence-corrected chi connectivity index (χ0v) is 14.2. The number of carbonyl (C=O) groups excluding carboxylic acids is 1. The van der Waals surface area contributed by atoms with E-state index in [1.165, 1.54) is 18.0 Å². The van der Waals surface area contributed by atoms with Crippen LogP contribution in [0.1, 0.15) is 12.0 Å². The summed E-state index contributed by atoms with van der Waals surface area (Å²) in [5, 5.41) is 17.3. The van der Waals surface area contributed by atoms with Crippen LogP contribution < -0.4 is 10.1 Å². The molecule has 1 amide bonds. The Hall–Kier alpha value is -2.42. The van der Waals surface area contributed by atoms with Gasteiger partial charge in [0.25, 0.3) is 0 Å². The van der Waals surface area contributed by atoms with Crippen molar-refractivity contribution >= 4 is 33.3 Å². The van der Waals surface area contributed by atoms with Crippen LogP contribution in [0.25, 0.3) is 0 Å². The van der Waals surface area contributed by atoms with Gasteiger partial charge in [-0.25, -0.2) is 0 Å². The summed E-state index contributed by atoms with van der Waals surface area (Å²) in [7, 11) is 1.53. The minimum Gasteiger partial charge on any atom is -0.495 e. The van der Waals surface area contributed by atoms with Crippen molar-refractivity contribution in [1.82, 2.24) is 9.78 Å². The van der Waals surface area contributed by atoms with E-state index in [1.807, 2.05) is 19.1 Å². The molecule has 0 spiro atoms. The predicted octanol–water partition coefficient (Wildman–Crippen LogP) is 2.90. The SMILES string of the molecule is COc1ccc(C)cc1NC(=O)CCn1cc(Br)c([N+](=O)[O-])n1. The van der Waals surface area contributed by atoms with Crippen LogP contribution in [0, 0.1) is 17.0 Å². The lowest BCUT2D eigenvalue weighted by atomic mass is 10.2. The molecule has 23 heavy (non-hydrogen) atoms. The number of methoxy groups -OCH3 is 1. The van der Waals surface area contributed by atoms with Crippen LogP contribution in [0.5, 0.6) is 5.75 Å². The van der Waals surface area contributed by atoms with Gasteiger partial charge in [-0.05, 0) is 45.5 Å². The Balaban J connectivity index is 1.99. The van der Waals surface area contributed by atoms with Crippen molar-refractivity contribution in [3.63, 3.8) is 0 Å². The normalized spacial score (nSPS) is 10.4. The van der Waals surface area contributed by atoms with E-state index < -0.39 is 4.92 Å². The number of ether oxygens (including phenoxy) is 1. The number of benzene rings is 1. The second-order valence-electron chi connectivity index (χ2n) is 4.82. The topological polar surface area (TPSA) is 99.3 Å². The largest absolute Gasteiger partial charge is 0.495 e. The van der Waals surface area contributed by atoms with Gasteiger partial charge in [0.1, 0.15) is 10.2 Å². The number of halogens is 1. The van der Waals surface area contributed by atoms with E-state index in [2.05, 4.69) is 26.3 Å². The van der Waals surface area contributed by atoms with E-state index in [0.29, 0.717) is 11.4 Å². The molecular formula is C14H15BrN4O4. The fourth-order valence-electron chi connectivity index (χ4n) is 1.97. The fourth-order valence-corrected chi connectivity index (χ4v) is 2.43. The number of anilines is 1. The molecule has 9 heteroatoms. The molecule has 0 unspecified atom stereocenters. The number of rotatable bonds is 6. The third-order valence-corrected chi connectivity index (χ3v) is 3.63. The lowest BCUT2D eigenvalue weighted by Crippen LogP contribution is -2.15. The zero-order valence-electron chi connectivity index (χ0n) is 12.6. The van der Waals surface area contributed by atoms with E-state index in [0.717, 1.165) is 5.56 Å². The second kappa shape index (κ2) is 7.23. The summed E-state index contributed by atoms with van der Waals surface area (Å²) in [6, 6.07) is 5.47. The number of nitrogens with one attached hydrogen (secondary N) is 1. The third kappa shape index (κ3) is 4.28. The summed E-state index contributed by atoms with van der Waals surface area (Å²) in [6.07, 6.45) is 1.60. The number of carbonyl (C=O) groups is 1. The first kappa shape index (κ1) is 16.9. The van der Waals surface area contributed by atoms with E-state index in [-0.39, 0.29) is 29.2 Å². The van der Waals surface area contributed by atoms with Gasteiger partial charge in [-0.15, -0.1) is 0 Å². The molecule has 2 rings (SSSR count). The smallest absolute Gasteiger partial charge is 0.404 e. The molecule has 8 nitrogen and oxygen atoms in total. The summed E-state index contributed by atoms with van der Waals surface area (Å²) >= 11 is 3.06. The molecule has 0 radical (unpaired) electrons. The highest BCUT2D eigenvalue weighted by molar-refractivity contribution is 9.10. The van der Waals surface area contributed by atoms with Crippen LogP contribution in [0.15, 0.2) is 28.9 Å². The average Bonchev–Trinajstić information content (AvgIpc) is 2.87. The minimum atomic E-state index is -0.585. The average molecular weight is 383 g/mol. The maximum Gasteiger partial charge on any atom is 0.404 e. The summed E-state index contributed by atoms with van der Waals surface area (Å²) in [5.41, 5.74) is 1.58. The van der Waals surface area contributed by atoms with Gasteiger partial charge in [0.05, 0.1) is 30.6 Å². The van der Waals surface area contributed by atoms with Crippen LogP contribution >= 0.6 is 15.9 Å². The number of hydrogen-bond acceptors (Lipinski definition) is 5. The minimum absolute atomic E-state index is 0.127.